The molecule has 2 aliphatic carbocycles. The summed E-state index contributed by atoms with van der Waals surface area (Å²) in [6.45, 7) is 9.79. The summed E-state index contributed by atoms with van der Waals surface area (Å²) in [5.41, 5.74) is 1.42. The first-order valence-corrected chi connectivity index (χ1v) is 6.04. The molecule has 0 N–H and O–H groups in total. The van der Waals surface area contributed by atoms with Gasteiger partial charge in [-0.3, -0.25) is 0 Å². The van der Waals surface area contributed by atoms with Crippen molar-refractivity contribution in [3.8, 4) is 0 Å². The van der Waals surface area contributed by atoms with Crippen LogP contribution in [0.5, 0.6) is 0 Å². The van der Waals surface area contributed by atoms with Gasteiger partial charge in [0.1, 0.15) is 0 Å². The molecule has 13 heavy (non-hydrogen) atoms. The fourth-order valence-electron chi connectivity index (χ4n) is 4.51. The summed E-state index contributed by atoms with van der Waals surface area (Å²) in [5, 5.41) is 0. The molecule has 0 amide bonds. The Labute approximate surface area is 83.1 Å². The van der Waals surface area contributed by atoms with E-state index in [2.05, 4.69) is 27.7 Å². The Balaban J connectivity index is 2.07. The van der Waals surface area contributed by atoms with E-state index in [9.17, 15) is 0 Å². The first-order valence-electron chi connectivity index (χ1n) is 6.04. The van der Waals surface area contributed by atoms with Gasteiger partial charge in [-0.25, -0.2) is 0 Å². The van der Waals surface area contributed by atoms with E-state index in [1.54, 1.807) is 0 Å². The zero-order valence-electron chi connectivity index (χ0n) is 9.69. The lowest BCUT2D eigenvalue weighted by atomic mass is 9.31. The Morgan fingerprint density at radius 2 is 2.00 bits per heavy atom. The van der Waals surface area contributed by atoms with Crippen molar-refractivity contribution in [1.29, 1.82) is 0 Å². The summed E-state index contributed by atoms with van der Waals surface area (Å²) in [6.07, 6.45) is 7.35. The molecule has 0 nitrogen and oxygen atoms in total. The normalized spacial score (nSPS) is 46.2. The molecular formula is C13H24. The summed E-state index contributed by atoms with van der Waals surface area (Å²) in [6, 6.07) is 0. The van der Waals surface area contributed by atoms with Gasteiger partial charge in [0.15, 0.2) is 0 Å². The SMILES string of the molecule is CCCCC12C(C)CC1CC2(C)C. The van der Waals surface area contributed by atoms with Gasteiger partial charge in [0.25, 0.3) is 0 Å². The van der Waals surface area contributed by atoms with Gasteiger partial charge in [-0.1, -0.05) is 40.5 Å². The summed E-state index contributed by atoms with van der Waals surface area (Å²) < 4.78 is 0. The Bertz CT molecular complexity index is 198. The molecule has 0 spiro atoms. The third-order valence-electron chi connectivity index (χ3n) is 5.21. The molecule has 0 bridgehead atoms. The molecule has 0 aromatic rings. The van der Waals surface area contributed by atoms with E-state index < -0.39 is 0 Å². The van der Waals surface area contributed by atoms with Crippen LogP contribution in [-0.4, -0.2) is 0 Å². The molecule has 2 saturated carbocycles. The molecule has 0 heterocycles. The van der Waals surface area contributed by atoms with Crippen molar-refractivity contribution in [2.24, 2.45) is 22.7 Å². The molecule has 0 radical (unpaired) electrons. The predicted octanol–water partition coefficient (Wildman–Crippen LogP) is 4.25. The highest BCUT2D eigenvalue weighted by Gasteiger charge is 2.67. The average molecular weight is 180 g/mol. The minimum absolute atomic E-state index is 0.657. The second-order valence-electron chi connectivity index (χ2n) is 6.07. The summed E-state index contributed by atoms with van der Waals surface area (Å²) >= 11 is 0. The first kappa shape index (κ1) is 9.55. The maximum absolute atomic E-state index is 2.49. The minimum atomic E-state index is 0.657. The van der Waals surface area contributed by atoms with Crippen LogP contribution in [-0.2, 0) is 0 Å². The van der Waals surface area contributed by atoms with Gasteiger partial charge in [-0.2, -0.15) is 0 Å². The number of unbranched alkanes of at least 4 members (excludes halogenated alkanes) is 1. The molecule has 0 aromatic carbocycles. The van der Waals surface area contributed by atoms with Gasteiger partial charge in [-0.15, -0.1) is 0 Å². The lowest BCUT2D eigenvalue weighted by molar-refractivity contribution is -0.246. The van der Waals surface area contributed by atoms with Crippen molar-refractivity contribution in [2.75, 3.05) is 0 Å². The fourth-order valence-corrected chi connectivity index (χ4v) is 4.51. The van der Waals surface area contributed by atoms with E-state index in [0.717, 1.165) is 17.3 Å². The topological polar surface area (TPSA) is 0 Å². The molecule has 0 heteroatoms. The zero-order chi connectivity index (χ0) is 9.69. The van der Waals surface area contributed by atoms with E-state index >= 15 is 0 Å². The van der Waals surface area contributed by atoms with E-state index in [-0.39, 0.29) is 0 Å². The highest BCUT2D eigenvalue weighted by atomic mass is 14.7. The van der Waals surface area contributed by atoms with Gasteiger partial charge in [0.05, 0.1) is 0 Å². The van der Waals surface area contributed by atoms with Gasteiger partial charge < -0.3 is 0 Å². The molecule has 0 saturated heterocycles. The van der Waals surface area contributed by atoms with Crippen LogP contribution in [0, 0.1) is 22.7 Å². The number of fused-ring (bicyclic) bond motifs is 1. The number of hydrogen-bond acceptors (Lipinski definition) is 0. The Kier molecular flexibility index (Phi) is 2.02. The first-order chi connectivity index (χ1) is 6.04. The van der Waals surface area contributed by atoms with Gasteiger partial charge in [-0.05, 0) is 41.9 Å². The Hall–Kier alpha value is 0. The smallest absolute Gasteiger partial charge is 0.0192 e. The maximum Gasteiger partial charge on any atom is -0.0192 e. The predicted molar refractivity (Wildman–Crippen MR) is 57.6 cm³/mol. The molecule has 76 valence electrons. The van der Waals surface area contributed by atoms with Crippen LogP contribution in [0.2, 0.25) is 0 Å². The van der Waals surface area contributed by atoms with Crippen molar-refractivity contribution in [2.45, 2.75) is 59.8 Å². The van der Waals surface area contributed by atoms with Crippen LogP contribution in [0.1, 0.15) is 59.8 Å². The Morgan fingerprint density at radius 3 is 2.38 bits per heavy atom. The van der Waals surface area contributed by atoms with Crippen LogP contribution in [0.15, 0.2) is 0 Å². The highest BCUT2D eigenvalue weighted by Crippen LogP contribution is 2.75. The largest absolute Gasteiger partial charge is 0.0654 e. The lowest BCUT2D eigenvalue weighted by Crippen LogP contribution is -2.66. The lowest BCUT2D eigenvalue weighted by Gasteiger charge is -2.73. The molecule has 0 aliphatic heterocycles. The zero-order valence-corrected chi connectivity index (χ0v) is 9.69. The molecule has 3 unspecified atom stereocenters. The number of rotatable bonds is 3. The summed E-state index contributed by atoms with van der Waals surface area (Å²) in [7, 11) is 0. The fraction of sp³-hybridized carbons (Fsp3) is 1.00. The molecule has 2 fully saturated rings. The van der Waals surface area contributed by atoms with Crippen molar-refractivity contribution >= 4 is 0 Å². The molecule has 3 atom stereocenters. The van der Waals surface area contributed by atoms with Gasteiger partial charge in [0, 0.05) is 0 Å². The summed E-state index contributed by atoms with van der Waals surface area (Å²) in [5.74, 6) is 2.11. The van der Waals surface area contributed by atoms with Gasteiger partial charge in [0.2, 0.25) is 0 Å². The monoisotopic (exact) mass is 180 g/mol. The van der Waals surface area contributed by atoms with E-state index in [0.29, 0.717) is 5.41 Å². The second kappa shape index (κ2) is 2.74. The Morgan fingerprint density at radius 1 is 1.31 bits per heavy atom. The van der Waals surface area contributed by atoms with Crippen LogP contribution < -0.4 is 0 Å². The quantitative estimate of drug-likeness (QED) is 0.609. The average Bonchev–Trinajstić information content (AvgIpc) is 2.03. The minimum Gasteiger partial charge on any atom is -0.0654 e. The highest BCUT2D eigenvalue weighted by molar-refractivity contribution is 5.16. The molecule has 2 aliphatic rings. The van der Waals surface area contributed by atoms with Crippen molar-refractivity contribution < 1.29 is 0 Å². The van der Waals surface area contributed by atoms with Gasteiger partial charge >= 0.3 is 0 Å². The van der Waals surface area contributed by atoms with E-state index in [1.165, 1.54) is 32.1 Å². The van der Waals surface area contributed by atoms with E-state index in [1.807, 2.05) is 0 Å². The molecular weight excluding hydrogens is 156 g/mol. The summed E-state index contributed by atoms with van der Waals surface area (Å²) in [4.78, 5) is 0. The third kappa shape index (κ3) is 0.980. The van der Waals surface area contributed by atoms with Crippen LogP contribution in [0.4, 0.5) is 0 Å². The third-order valence-corrected chi connectivity index (χ3v) is 5.21. The van der Waals surface area contributed by atoms with Crippen molar-refractivity contribution in [3.63, 3.8) is 0 Å². The van der Waals surface area contributed by atoms with Crippen LogP contribution in [0.3, 0.4) is 0 Å². The van der Waals surface area contributed by atoms with Crippen LogP contribution in [0.25, 0.3) is 0 Å². The van der Waals surface area contributed by atoms with E-state index in [4.69, 9.17) is 0 Å². The molecule has 0 aromatic heterocycles. The van der Waals surface area contributed by atoms with Crippen LogP contribution >= 0.6 is 0 Å². The standard InChI is InChI=1S/C13H24/c1-5-6-7-13-10(2)8-11(13)9-12(13,3)4/h10-11H,5-9H2,1-4H3. The van der Waals surface area contributed by atoms with Crippen molar-refractivity contribution in [3.05, 3.63) is 0 Å². The number of hydrogen-bond donors (Lipinski definition) is 0. The van der Waals surface area contributed by atoms with Crippen molar-refractivity contribution in [1.82, 2.24) is 0 Å². The second-order valence-corrected chi connectivity index (χ2v) is 6.07. The maximum atomic E-state index is 2.49. The molecule has 2 rings (SSSR count).